The fourth-order valence-electron chi connectivity index (χ4n) is 4.65. The van der Waals surface area contributed by atoms with Crippen LogP contribution in [0.25, 0.3) is 11.4 Å². The number of benzene rings is 2. The van der Waals surface area contributed by atoms with Crippen LogP contribution in [0.2, 0.25) is 0 Å². The first-order valence-corrected chi connectivity index (χ1v) is 11.8. The molecule has 1 N–H and O–H groups in total. The van der Waals surface area contributed by atoms with Gasteiger partial charge in [-0.05, 0) is 30.2 Å². The maximum Gasteiger partial charge on any atom is 0.471 e. The van der Waals surface area contributed by atoms with E-state index < -0.39 is 24.0 Å². The summed E-state index contributed by atoms with van der Waals surface area (Å²) >= 11 is 0. The van der Waals surface area contributed by atoms with E-state index in [2.05, 4.69) is 36.9 Å². The van der Waals surface area contributed by atoms with E-state index >= 15 is 0 Å². The SMILES string of the molecule is CC(=O)OC(C)=O.O=C1c2cc(-c3noc(C(F)(F)F)n3)ccc2CN1[C@@H]1CCNC[C@H]1c1ccccc1. The minimum atomic E-state index is -4.71. The van der Waals surface area contributed by atoms with Crippen molar-refractivity contribution in [3.63, 3.8) is 0 Å². The zero-order chi connectivity index (χ0) is 27.4. The van der Waals surface area contributed by atoms with E-state index in [1.165, 1.54) is 19.4 Å². The Morgan fingerprint density at radius 1 is 1.11 bits per heavy atom. The average molecular weight is 531 g/mol. The molecule has 3 aromatic rings. The number of hydrogen-bond acceptors (Lipinski definition) is 8. The van der Waals surface area contributed by atoms with Crippen LogP contribution >= 0.6 is 0 Å². The average Bonchev–Trinajstić information content (AvgIpc) is 3.50. The third-order valence-electron chi connectivity index (χ3n) is 6.23. The molecule has 2 aromatic carbocycles. The van der Waals surface area contributed by atoms with Crippen LogP contribution in [0.1, 0.15) is 53.6 Å². The molecule has 1 aromatic heterocycles. The maximum absolute atomic E-state index is 13.3. The number of rotatable bonds is 3. The van der Waals surface area contributed by atoms with Gasteiger partial charge in [-0.15, -0.1) is 0 Å². The lowest BCUT2D eigenvalue weighted by molar-refractivity contribution is -0.159. The summed E-state index contributed by atoms with van der Waals surface area (Å²) in [5.74, 6) is -2.68. The molecule has 0 unspecified atom stereocenters. The second kappa shape index (κ2) is 11.1. The van der Waals surface area contributed by atoms with Gasteiger partial charge in [0.2, 0.25) is 5.82 Å². The summed E-state index contributed by atoms with van der Waals surface area (Å²) in [6, 6.07) is 15.1. The zero-order valence-corrected chi connectivity index (χ0v) is 20.6. The summed E-state index contributed by atoms with van der Waals surface area (Å²) in [6.45, 7) is 4.44. The van der Waals surface area contributed by atoms with Gasteiger partial charge in [0.15, 0.2) is 0 Å². The summed E-state index contributed by atoms with van der Waals surface area (Å²) in [6.07, 6.45) is -3.89. The van der Waals surface area contributed by atoms with Crippen molar-refractivity contribution in [1.82, 2.24) is 20.4 Å². The summed E-state index contributed by atoms with van der Waals surface area (Å²) in [5, 5.41) is 6.84. The molecule has 0 spiro atoms. The molecule has 9 nitrogen and oxygen atoms in total. The van der Waals surface area contributed by atoms with Crippen molar-refractivity contribution in [3.05, 3.63) is 71.1 Å². The van der Waals surface area contributed by atoms with E-state index in [0.29, 0.717) is 17.7 Å². The lowest BCUT2D eigenvalue weighted by Crippen LogP contribution is -2.48. The number of aromatic nitrogens is 2. The Hall–Kier alpha value is -4.06. The largest absolute Gasteiger partial charge is 0.471 e. The third kappa shape index (κ3) is 6.08. The molecule has 1 fully saturated rings. The van der Waals surface area contributed by atoms with E-state index in [1.54, 1.807) is 18.2 Å². The highest BCUT2D eigenvalue weighted by Gasteiger charge is 2.40. The van der Waals surface area contributed by atoms with Gasteiger partial charge in [0.1, 0.15) is 0 Å². The predicted molar refractivity (Wildman–Crippen MR) is 128 cm³/mol. The quantitative estimate of drug-likeness (QED) is 0.400. The first-order valence-electron chi connectivity index (χ1n) is 11.8. The monoisotopic (exact) mass is 530 g/mol. The second-order valence-electron chi connectivity index (χ2n) is 8.89. The van der Waals surface area contributed by atoms with E-state index in [-0.39, 0.29) is 23.7 Å². The van der Waals surface area contributed by atoms with Gasteiger partial charge in [0.05, 0.1) is 0 Å². The van der Waals surface area contributed by atoms with Crippen LogP contribution in [-0.2, 0) is 27.0 Å². The standard InChI is InChI=1S/C22H19F3N4O2.C4H6O3/c23-22(24,25)21-27-19(28-31-21)14-6-7-15-12-29(20(30)16(15)10-14)18-8-9-26-11-17(18)13-4-2-1-3-5-13;1-3(5)7-4(2)6/h1-7,10,17-18,26H,8-9,11-12H2;1-2H3/t17-,18+;/m0./s1. The number of esters is 2. The number of piperidine rings is 1. The zero-order valence-electron chi connectivity index (χ0n) is 20.6. The molecule has 5 rings (SSSR count). The summed E-state index contributed by atoms with van der Waals surface area (Å²) < 4.78 is 46.6. The van der Waals surface area contributed by atoms with Gasteiger partial charge in [0.25, 0.3) is 5.91 Å². The summed E-state index contributed by atoms with van der Waals surface area (Å²) in [7, 11) is 0. The van der Waals surface area contributed by atoms with Gasteiger partial charge < -0.3 is 19.5 Å². The molecule has 0 aliphatic carbocycles. The Labute approximate surface area is 216 Å². The van der Waals surface area contributed by atoms with Crippen LogP contribution in [0.3, 0.4) is 0 Å². The van der Waals surface area contributed by atoms with Gasteiger partial charge in [0, 0.05) is 50.0 Å². The fraction of sp³-hybridized carbons (Fsp3) is 0.346. The number of ether oxygens (including phenoxy) is 1. The highest BCUT2D eigenvalue weighted by Crippen LogP contribution is 2.36. The number of carbonyl (C=O) groups is 3. The Morgan fingerprint density at radius 2 is 1.82 bits per heavy atom. The number of nitrogens with zero attached hydrogens (tertiary/aromatic N) is 3. The highest BCUT2D eigenvalue weighted by atomic mass is 19.4. The second-order valence-corrected chi connectivity index (χ2v) is 8.89. The van der Waals surface area contributed by atoms with Crippen LogP contribution in [0.15, 0.2) is 53.1 Å². The molecular weight excluding hydrogens is 505 g/mol. The van der Waals surface area contributed by atoms with Crippen molar-refractivity contribution < 1.29 is 36.8 Å². The molecule has 200 valence electrons. The molecule has 2 aliphatic rings. The van der Waals surface area contributed by atoms with Crippen LogP contribution in [0.5, 0.6) is 0 Å². The number of halogens is 3. The maximum atomic E-state index is 13.3. The van der Waals surface area contributed by atoms with E-state index in [4.69, 9.17) is 0 Å². The topological polar surface area (TPSA) is 115 Å². The van der Waals surface area contributed by atoms with E-state index in [0.717, 1.165) is 25.1 Å². The molecule has 0 bridgehead atoms. The summed E-state index contributed by atoms with van der Waals surface area (Å²) in [5.41, 5.74) is 2.81. The van der Waals surface area contributed by atoms with Crippen LogP contribution < -0.4 is 5.32 Å². The first-order chi connectivity index (χ1) is 18.0. The summed E-state index contributed by atoms with van der Waals surface area (Å²) in [4.78, 5) is 38.2. The highest BCUT2D eigenvalue weighted by molar-refractivity contribution is 5.99. The van der Waals surface area contributed by atoms with E-state index in [1.807, 2.05) is 23.1 Å². The molecule has 38 heavy (non-hydrogen) atoms. The number of carbonyl (C=O) groups excluding carboxylic acids is 3. The first kappa shape index (κ1) is 27.0. The number of alkyl halides is 3. The lowest BCUT2D eigenvalue weighted by atomic mass is 9.86. The minimum Gasteiger partial charge on any atom is -0.394 e. The van der Waals surface area contributed by atoms with E-state index in [9.17, 15) is 27.6 Å². The number of hydrogen-bond donors (Lipinski definition) is 1. The van der Waals surface area contributed by atoms with Crippen LogP contribution in [0, 0.1) is 0 Å². The van der Waals surface area contributed by atoms with Crippen molar-refractivity contribution in [2.24, 2.45) is 0 Å². The van der Waals surface area contributed by atoms with Gasteiger partial charge in [-0.3, -0.25) is 14.4 Å². The Kier molecular flexibility index (Phi) is 7.91. The van der Waals surface area contributed by atoms with Crippen molar-refractivity contribution in [1.29, 1.82) is 0 Å². The lowest BCUT2D eigenvalue weighted by Gasteiger charge is -2.38. The molecule has 2 aliphatic heterocycles. The van der Waals surface area contributed by atoms with Crippen molar-refractivity contribution in [2.45, 2.75) is 44.9 Å². The predicted octanol–water partition coefficient (Wildman–Crippen LogP) is 3.95. The molecule has 3 heterocycles. The Morgan fingerprint density at radius 3 is 2.42 bits per heavy atom. The van der Waals surface area contributed by atoms with Gasteiger partial charge in [-0.1, -0.05) is 47.6 Å². The molecule has 0 radical (unpaired) electrons. The van der Waals surface area contributed by atoms with Crippen molar-refractivity contribution in [3.8, 4) is 11.4 Å². The molecule has 2 atom stereocenters. The van der Waals surface area contributed by atoms with Crippen LogP contribution in [0.4, 0.5) is 13.2 Å². The van der Waals surface area contributed by atoms with Gasteiger partial charge >= 0.3 is 24.0 Å². The smallest absolute Gasteiger partial charge is 0.394 e. The number of amides is 1. The number of nitrogens with one attached hydrogen (secondary N) is 1. The number of fused-ring (bicyclic) bond motifs is 1. The molecular formula is C26H25F3N4O5. The van der Waals surface area contributed by atoms with Gasteiger partial charge in [-0.2, -0.15) is 18.2 Å². The molecule has 1 saturated heterocycles. The normalized spacial score (nSPS) is 18.9. The third-order valence-corrected chi connectivity index (χ3v) is 6.23. The van der Waals surface area contributed by atoms with Crippen molar-refractivity contribution in [2.75, 3.05) is 13.1 Å². The molecule has 1 amide bonds. The Balaban J connectivity index is 0.000000426. The minimum absolute atomic E-state index is 0.0361. The Bertz CT molecular complexity index is 1310. The van der Waals surface area contributed by atoms with Gasteiger partial charge in [-0.25, -0.2) is 0 Å². The molecule has 12 heteroatoms. The van der Waals surface area contributed by atoms with Crippen molar-refractivity contribution >= 4 is 17.8 Å². The molecule has 0 saturated carbocycles. The van der Waals surface area contributed by atoms with Crippen LogP contribution in [-0.4, -0.2) is 52.0 Å². The fourth-order valence-corrected chi connectivity index (χ4v) is 4.65.